The van der Waals surface area contributed by atoms with Crippen molar-refractivity contribution in [2.45, 2.75) is 38.3 Å². The van der Waals surface area contributed by atoms with Crippen LogP contribution in [0.5, 0.6) is 11.5 Å². The van der Waals surface area contributed by atoms with Crippen molar-refractivity contribution >= 4 is 5.91 Å². The number of hydrogen-bond acceptors (Lipinski definition) is 4. The first-order valence-electron chi connectivity index (χ1n) is 11.2. The first kappa shape index (κ1) is 19.4. The van der Waals surface area contributed by atoms with Gasteiger partial charge in [-0.2, -0.15) is 0 Å². The maximum atomic E-state index is 11.9. The van der Waals surface area contributed by atoms with Crippen LogP contribution in [-0.2, 0) is 11.3 Å². The quantitative estimate of drug-likeness (QED) is 0.752. The number of rotatable bonds is 5. The summed E-state index contributed by atoms with van der Waals surface area (Å²) in [5, 5.41) is 0. The van der Waals surface area contributed by atoms with E-state index < -0.39 is 0 Å². The molecule has 0 aliphatic carbocycles. The molecular formula is C25H30N2O3. The van der Waals surface area contributed by atoms with Gasteiger partial charge in [0.25, 0.3) is 0 Å². The fourth-order valence-corrected chi connectivity index (χ4v) is 4.93. The number of ether oxygens (including phenoxy) is 2. The number of para-hydroxylation sites is 2. The van der Waals surface area contributed by atoms with Crippen molar-refractivity contribution in [3.05, 3.63) is 59.7 Å². The van der Waals surface area contributed by atoms with E-state index in [9.17, 15) is 4.79 Å². The molecule has 0 N–H and O–H groups in total. The number of amides is 1. The van der Waals surface area contributed by atoms with E-state index in [1.807, 2.05) is 24.3 Å². The zero-order valence-electron chi connectivity index (χ0n) is 17.5. The van der Waals surface area contributed by atoms with Crippen LogP contribution in [0.4, 0.5) is 0 Å². The average molecular weight is 407 g/mol. The lowest BCUT2D eigenvalue weighted by atomic mass is 9.96. The van der Waals surface area contributed by atoms with Gasteiger partial charge in [-0.3, -0.25) is 9.69 Å². The number of nitrogens with zero attached hydrogens (tertiary/aromatic N) is 2. The van der Waals surface area contributed by atoms with Crippen molar-refractivity contribution in [2.75, 3.05) is 32.8 Å². The molecule has 3 aliphatic heterocycles. The molecule has 30 heavy (non-hydrogen) atoms. The predicted molar refractivity (Wildman–Crippen MR) is 116 cm³/mol. The lowest BCUT2D eigenvalue weighted by Crippen LogP contribution is -2.41. The van der Waals surface area contributed by atoms with Gasteiger partial charge in [0, 0.05) is 32.6 Å². The molecule has 2 saturated heterocycles. The van der Waals surface area contributed by atoms with E-state index in [0.717, 1.165) is 62.6 Å². The van der Waals surface area contributed by atoms with Gasteiger partial charge >= 0.3 is 0 Å². The van der Waals surface area contributed by atoms with Gasteiger partial charge in [0.15, 0.2) is 17.6 Å². The van der Waals surface area contributed by atoms with Crippen LogP contribution < -0.4 is 9.47 Å². The van der Waals surface area contributed by atoms with E-state index in [4.69, 9.17) is 9.47 Å². The molecule has 1 amide bonds. The smallest absolute Gasteiger partial charge is 0.222 e. The van der Waals surface area contributed by atoms with Crippen LogP contribution in [0.3, 0.4) is 0 Å². The fraction of sp³-hybridized carbons (Fsp3) is 0.480. The van der Waals surface area contributed by atoms with Gasteiger partial charge in [0.1, 0.15) is 6.61 Å². The summed E-state index contributed by atoms with van der Waals surface area (Å²) in [5.74, 6) is 2.58. The van der Waals surface area contributed by atoms with E-state index in [1.54, 1.807) is 0 Å². The Hall–Kier alpha value is -2.53. The molecule has 5 nitrogen and oxygen atoms in total. The van der Waals surface area contributed by atoms with Crippen molar-refractivity contribution < 1.29 is 14.3 Å². The van der Waals surface area contributed by atoms with E-state index in [0.29, 0.717) is 18.4 Å². The second-order valence-corrected chi connectivity index (χ2v) is 8.79. The molecule has 0 spiro atoms. The molecule has 5 rings (SSSR count). The van der Waals surface area contributed by atoms with E-state index in [2.05, 4.69) is 34.1 Å². The molecule has 2 aromatic carbocycles. The summed E-state index contributed by atoms with van der Waals surface area (Å²) >= 11 is 0. The number of piperidine rings is 1. The molecule has 5 heteroatoms. The van der Waals surface area contributed by atoms with Gasteiger partial charge in [-0.05, 0) is 55.0 Å². The normalized spacial score (nSPS) is 24.3. The third kappa shape index (κ3) is 4.31. The summed E-state index contributed by atoms with van der Waals surface area (Å²) in [4.78, 5) is 16.6. The summed E-state index contributed by atoms with van der Waals surface area (Å²) in [6, 6.07) is 16.6. The van der Waals surface area contributed by atoms with Gasteiger partial charge in [-0.1, -0.05) is 36.4 Å². The molecule has 2 atom stereocenters. The summed E-state index contributed by atoms with van der Waals surface area (Å²) in [5.41, 5.74) is 2.48. The van der Waals surface area contributed by atoms with E-state index >= 15 is 0 Å². The Morgan fingerprint density at radius 2 is 1.80 bits per heavy atom. The van der Waals surface area contributed by atoms with Crippen LogP contribution in [0.2, 0.25) is 0 Å². The summed E-state index contributed by atoms with van der Waals surface area (Å²) in [6.07, 6.45) is 4.16. The van der Waals surface area contributed by atoms with Crippen LogP contribution in [0.15, 0.2) is 48.5 Å². The maximum Gasteiger partial charge on any atom is 0.222 e. The molecule has 2 fully saturated rings. The minimum absolute atomic E-state index is 0.0636. The van der Waals surface area contributed by atoms with Gasteiger partial charge in [0.2, 0.25) is 5.91 Å². The number of hydrogen-bond donors (Lipinski definition) is 0. The largest absolute Gasteiger partial charge is 0.485 e. The molecule has 158 valence electrons. The van der Waals surface area contributed by atoms with Crippen molar-refractivity contribution in [3.63, 3.8) is 0 Å². The molecule has 3 heterocycles. The summed E-state index contributed by atoms with van der Waals surface area (Å²) < 4.78 is 12.0. The third-order valence-electron chi connectivity index (χ3n) is 6.52. The minimum atomic E-state index is -0.0636. The number of carbonyl (C=O) groups excluding carboxylic acids is 1. The van der Waals surface area contributed by atoms with E-state index in [-0.39, 0.29) is 6.10 Å². The Labute approximate surface area is 178 Å². The van der Waals surface area contributed by atoms with Gasteiger partial charge in [-0.25, -0.2) is 0 Å². The second-order valence-electron chi connectivity index (χ2n) is 8.79. The standard InChI is InChI=1S/C25H30N2O3/c28-25-8-4-14-27(25)17-20-5-3-13-26(16-20)15-19-9-11-21(12-10-19)24-18-29-22-6-1-2-7-23(22)30-24/h1-2,6-7,9-12,20,24H,3-5,8,13-18H2. The summed E-state index contributed by atoms with van der Waals surface area (Å²) in [6.45, 7) is 5.63. The highest BCUT2D eigenvalue weighted by Gasteiger charge is 2.27. The number of carbonyl (C=O) groups is 1. The second kappa shape index (κ2) is 8.68. The highest BCUT2D eigenvalue weighted by atomic mass is 16.6. The minimum Gasteiger partial charge on any atom is -0.485 e. The average Bonchev–Trinajstić information content (AvgIpc) is 3.18. The van der Waals surface area contributed by atoms with Crippen molar-refractivity contribution in [1.82, 2.24) is 9.80 Å². The SMILES string of the molecule is O=C1CCCN1CC1CCCN(Cc2ccc(C3COc4ccccc4O3)cc2)C1. The highest BCUT2D eigenvalue weighted by Crippen LogP contribution is 2.36. The summed E-state index contributed by atoms with van der Waals surface area (Å²) in [7, 11) is 0. The molecule has 3 aliphatic rings. The number of benzene rings is 2. The van der Waals surface area contributed by atoms with Crippen LogP contribution in [-0.4, -0.2) is 48.5 Å². The monoisotopic (exact) mass is 406 g/mol. The zero-order valence-corrected chi connectivity index (χ0v) is 17.5. The third-order valence-corrected chi connectivity index (χ3v) is 6.52. The topological polar surface area (TPSA) is 42.0 Å². The highest BCUT2D eigenvalue weighted by molar-refractivity contribution is 5.78. The molecule has 0 bridgehead atoms. The van der Waals surface area contributed by atoms with Crippen LogP contribution in [0, 0.1) is 5.92 Å². The lowest BCUT2D eigenvalue weighted by molar-refractivity contribution is -0.128. The first-order valence-corrected chi connectivity index (χ1v) is 11.2. The molecular weight excluding hydrogens is 376 g/mol. The maximum absolute atomic E-state index is 11.9. The lowest BCUT2D eigenvalue weighted by Gasteiger charge is -2.34. The number of likely N-dealkylation sites (tertiary alicyclic amines) is 2. The van der Waals surface area contributed by atoms with E-state index in [1.165, 1.54) is 18.4 Å². The van der Waals surface area contributed by atoms with Crippen LogP contribution >= 0.6 is 0 Å². The van der Waals surface area contributed by atoms with Gasteiger partial charge < -0.3 is 14.4 Å². The molecule has 0 saturated carbocycles. The number of fused-ring (bicyclic) bond motifs is 1. The van der Waals surface area contributed by atoms with Crippen LogP contribution in [0.1, 0.15) is 42.9 Å². The Bertz CT molecular complexity index is 882. The van der Waals surface area contributed by atoms with Crippen molar-refractivity contribution in [1.29, 1.82) is 0 Å². The molecule has 2 aromatic rings. The molecule has 0 radical (unpaired) electrons. The fourth-order valence-electron chi connectivity index (χ4n) is 4.93. The predicted octanol–water partition coefficient (Wildman–Crippen LogP) is 4.03. The Morgan fingerprint density at radius 3 is 2.60 bits per heavy atom. The van der Waals surface area contributed by atoms with Crippen molar-refractivity contribution in [2.24, 2.45) is 5.92 Å². The molecule has 2 unspecified atom stereocenters. The molecule has 0 aromatic heterocycles. The Balaban J connectivity index is 1.17. The van der Waals surface area contributed by atoms with Gasteiger partial charge in [-0.15, -0.1) is 0 Å². The zero-order chi connectivity index (χ0) is 20.3. The Morgan fingerprint density at radius 1 is 0.967 bits per heavy atom. The van der Waals surface area contributed by atoms with Gasteiger partial charge in [0.05, 0.1) is 0 Å². The first-order chi connectivity index (χ1) is 14.7. The van der Waals surface area contributed by atoms with Crippen LogP contribution in [0.25, 0.3) is 0 Å². The van der Waals surface area contributed by atoms with Crippen molar-refractivity contribution in [3.8, 4) is 11.5 Å². The Kier molecular flexibility index (Phi) is 5.63.